The van der Waals surface area contributed by atoms with Crippen molar-refractivity contribution in [1.82, 2.24) is 14.9 Å². The van der Waals surface area contributed by atoms with Gasteiger partial charge in [0.25, 0.3) is 0 Å². The fraction of sp³-hybridized carbons (Fsp3) is 0.214. The van der Waals surface area contributed by atoms with Crippen molar-refractivity contribution in [3.8, 4) is 0 Å². The number of para-hydroxylation sites is 3. The summed E-state index contributed by atoms with van der Waals surface area (Å²) >= 11 is 0. The van der Waals surface area contributed by atoms with Crippen LogP contribution in [-0.4, -0.2) is 28.7 Å². The summed E-state index contributed by atoms with van der Waals surface area (Å²) in [7, 11) is 2.09. The Labute approximate surface area is 198 Å². The monoisotopic (exact) mass is 451 g/mol. The highest BCUT2D eigenvalue weighted by Crippen LogP contribution is 2.26. The summed E-state index contributed by atoms with van der Waals surface area (Å²) in [5, 5.41) is 10.3. The van der Waals surface area contributed by atoms with E-state index in [0.29, 0.717) is 13.1 Å². The number of hydrogen-bond acceptors (Lipinski definition) is 2. The van der Waals surface area contributed by atoms with Gasteiger partial charge in [-0.05, 0) is 24.3 Å². The molecule has 0 aliphatic heterocycles. The second kappa shape index (κ2) is 8.71. The number of aryl methyl sites for hydroxylation is 1. The Balaban J connectivity index is 1.49. The number of hydrogen-bond donors (Lipinski definition) is 3. The molecule has 0 aliphatic carbocycles. The molecule has 0 radical (unpaired) electrons. The molecule has 0 atom stereocenters. The molecule has 3 aromatic carbocycles. The van der Waals surface area contributed by atoms with Crippen LogP contribution < -0.4 is 16.0 Å². The third kappa shape index (κ3) is 4.15. The van der Waals surface area contributed by atoms with Crippen molar-refractivity contribution in [3.05, 3.63) is 84.2 Å². The number of rotatable bonds is 5. The number of fused-ring (bicyclic) bond motifs is 4. The molecule has 172 valence electrons. The average Bonchev–Trinajstić information content (AvgIpc) is 3.23. The van der Waals surface area contributed by atoms with Crippen LogP contribution in [0.1, 0.15) is 13.8 Å². The second-order valence-corrected chi connectivity index (χ2v) is 9.47. The molecule has 2 heterocycles. The molecule has 6 nitrogen and oxygen atoms in total. The summed E-state index contributed by atoms with van der Waals surface area (Å²) in [6.45, 7) is 5.32. The van der Waals surface area contributed by atoms with Crippen molar-refractivity contribution < 1.29 is 4.79 Å². The molecule has 2 aromatic heterocycles. The maximum Gasteiger partial charge on any atom is 0.319 e. The molecule has 0 unspecified atom stereocenters. The first-order chi connectivity index (χ1) is 16.4. The predicted octanol–water partition coefficient (Wildman–Crippen LogP) is 5.56. The van der Waals surface area contributed by atoms with E-state index in [9.17, 15) is 4.79 Å². The van der Waals surface area contributed by atoms with E-state index in [-0.39, 0.29) is 11.4 Å². The van der Waals surface area contributed by atoms with Gasteiger partial charge in [-0.15, -0.1) is 0 Å². The summed E-state index contributed by atoms with van der Waals surface area (Å²) in [4.78, 5) is 21.1. The lowest BCUT2D eigenvalue weighted by Gasteiger charge is -2.23. The van der Waals surface area contributed by atoms with Crippen molar-refractivity contribution in [3.63, 3.8) is 0 Å². The summed E-state index contributed by atoms with van der Waals surface area (Å²) in [5.74, 6) is 0. The van der Waals surface area contributed by atoms with Gasteiger partial charge in [0.2, 0.25) is 0 Å². The zero-order valence-corrected chi connectivity index (χ0v) is 19.7. The number of aromatic nitrogens is 2. The Bertz CT molecular complexity index is 1560. The molecule has 6 heteroatoms. The normalized spacial score (nSPS) is 12.5. The molecule has 3 N–H and O–H groups in total. The molecule has 2 amide bonds. The van der Waals surface area contributed by atoms with Crippen LogP contribution in [0, 0.1) is 5.41 Å². The Hall–Kier alpha value is -4.06. The topological polar surface area (TPSA) is 74.2 Å². The number of benzene rings is 3. The van der Waals surface area contributed by atoms with Gasteiger partial charge in [-0.25, -0.2) is 4.79 Å². The lowest BCUT2D eigenvalue weighted by atomic mass is 9.93. The Kier molecular flexibility index (Phi) is 5.57. The van der Waals surface area contributed by atoms with Crippen LogP contribution in [0.3, 0.4) is 0 Å². The highest BCUT2D eigenvalue weighted by Gasteiger charge is 2.20. The van der Waals surface area contributed by atoms with Gasteiger partial charge in [-0.1, -0.05) is 68.4 Å². The quantitative estimate of drug-likeness (QED) is 0.321. The Morgan fingerprint density at radius 1 is 0.941 bits per heavy atom. The summed E-state index contributed by atoms with van der Waals surface area (Å²) < 4.78 is 2.20. The van der Waals surface area contributed by atoms with Crippen molar-refractivity contribution in [2.75, 3.05) is 18.4 Å². The van der Waals surface area contributed by atoms with Gasteiger partial charge in [0.1, 0.15) is 5.65 Å². The number of aromatic amines is 1. The van der Waals surface area contributed by atoms with Gasteiger partial charge >= 0.3 is 6.03 Å². The zero-order valence-electron chi connectivity index (χ0n) is 19.7. The highest BCUT2D eigenvalue weighted by molar-refractivity contribution is 6.09. The number of H-pyrrole nitrogens is 1. The number of anilines is 1. The average molecular weight is 452 g/mol. The number of nitrogens with one attached hydrogen (secondary N) is 3. The van der Waals surface area contributed by atoms with Gasteiger partial charge < -0.3 is 20.2 Å². The number of carbonyl (C=O) groups is 1. The van der Waals surface area contributed by atoms with E-state index in [4.69, 9.17) is 4.99 Å². The van der Waals surface area contributed by atoms with Gasteiger partial charge in [0.05, 0.1) is 16.3 Å². The largest absolute Gasteiger partial charge is 0.341 e. The molecule has 0 bridgehead atoms. The first kappa shape index (κ1) is 21.8. The van der Waals surface area contributed by atoms with E-state index in [1.54, 1.807) is 0 Å². The van der Waals surface area contributed by atoms with E-state index in [0.717, 1.165) is 43.9 Å². The molecule has 34 heavy (non-hydrogen) atoms. The minimum Gasteiger partial charge on any atom is -0.341 e. The first-order valence-corrected chi connectivity index (χ1v) is 11.5. The maximum absolute atomic E-state index is 12.4. The Morgan fingerprint density at radius 3 is 2.41 bits per heavy atom. The zero-order chi connectivity index (χ0) is 23.7. The SMILES string of the molecule is Cn1c2ccccc2c(=NCC(C)(C)CNC(=O)Nc2ccccc2)c2c3ccccc3[nH]c21. The number of nitrogens with zero attached hydrogens (tertiary/aromatic N) is 2. The molecule has 0 fully saturated rings. The summed E-state index contributed by atoms with van der Waals surface area (Å²) in [6.07, 6.45) is 0. The van der Waals surface area contributed by atoms with Gasteiger partial charge in [0, 0.05) is 47.5 Å². The molecule has 0 saturated carbocycles. The van der Waals surface area contributed by atoms with Crippen LogP contribution in [0.15, 0.2) is 83.9 Å². The minimum atomic E-state index is -0.231. The fourth-order valence-corrected chi connectivity index (χ4v) is 4.37. The van der Waals surface area contributed by atoms with E-state index in [1.165, 1.54) is 0 Å². The van der Waals surface area contributed by atoms with E-state index in [2.05, 4.69) is 83.5 Å². The van der Waals surface area contributed by atoms with E-state index in [1.807, 2.05) is 36.4 Å². The first-order valence-electron chi connectivity index (χ1n) is 11.5. The third-order valence-electron chi connectivity index (χ3n) is 6.20. The van der Waals surface area contributed by atoms with Crippen LogP contribution in [0.4, 0.5) is 10.5 Å². The molecule has 0 spiro atoms. The predicted molar refractivity (Wildman–Crippen MR) is 140 cm³/mol. The molecular weight excluding hydrogens is 422 g/mol. The van der Waals surface area contributed by atoms with Gasteiger partial charge in [-0.2, -0.15) is 0 Å². The summed E-state index contributed by atoms with van der Waals surface area (Å²) in [5.41, 5.74) is 3.81. The van der Waals surface area contributed by atoms with Gasteiger partial charge in [0.15, 0.2) is 0 Å². The van der Waals surface area contributed by atoms with Crippen LogP contribution in [0.2, 0.25) is 0 Å². The van der Waals surface area contributed by atoms with Crippen LogP contribution in [-0.2, 0) is 7.05 Å². The van der Waals surface area contributed by atoms with Crippen LogP contribution >= 0.6 is 0 Å². The highest BCUT2D eigenvalue weighted by atomic mass is 16.2. The number of pyridine rings is 1. The molecule has 5 rings (SSSR count). The maximum atomic E-state index is 12.4. The van der Waals surface area contributed by atoms with E-state index < -0.39 is 0 Å². The van der Waals surface area contributed by atoms with Crippen molar-refractivity contribution in [2.45, 2.75) is 13.8 Å². The molecule has 0 saturated heterocycles. The van der Waals surface area contributed by atoms with Crippen molar-refractivity contribution >= 4 is 44.6 Å². The Morgan fingerprint density at radius 2 is 1.62 bits per heavy atom. The van der Waals surface area contributed by atoms with Crippen LogP contribution in [0.25, 0.3) is 32.8 Å². The molecule has 0 aliphatic rings. The molecule has 5 aromatic rings. The van der Waals surface area contributed by atoms with E-state index >= 15 is 0 Å². The summed E-state index contributed by atoms with van der Waals surface area (Å²) in [6, 6.07) is 26.0. The smallest absolute Gasteiger partial charge is 0.319 e. The standard InChI is InChI=1S/C28H29N5O/c1-28(2,18-30-27(34)31-19-11-5-4-6-12-19)17-29-25-21-14-8-10-16-23(21)33(3)26-24(25)20-13-7-9-15-22(20)32-26/h4-16,32H,17-18H2,1-3H3,(H2,30,31,34). The fourth-order valence-electron chi connectivity index (χ4n) is 4.37. The number of amides is 2. The van der Waals surface area contributed by atoms with Crippen LogP contribution in [0.5, 0.6) is 0 Å². The molecular formula is C28H29N5O. The minimum absolute atomic E-state index is 0.213. The van der Waals surface area contributed by atoms with Crippen molar-refractivity contribution in [1.29, 1.82) is 0 Å². The number of urea groups is 1. The lowest BCUT2D eigenvalue weighted by molar-refractivity contribution is 0.245. The lowest BCUT2D eigenvalue weighted by Crippen LogP contribution is -2.38. The van der Waals surface area contributed by atoms with Crippen molar-refractivity contribution in [2.24, 2.45) is 17.5 Å². The van der Waals surface area contributed by atoms with Gasteiger partial charge in [-0.3, -0.25) is 4.99 Å². The third-order valence-corrected chi connectivity index (χ3v) is 6.20. The second-order valence-electron chi connectivity index (χ2n) is 9.47. The number of carbonyl (C=O) groups excluding carboxylic acids is 1.